The molecule has 2 aromatic carbocycles. The van der Waals surface area contributed by atoms with E-state index in [1.807, 2.05) is 4.90 Å². The zero-order valence-electron chi connectivity index (χ0n) is 13.2. The minimum Gasteiger partial charge on any atom is -0.366 e. The molecule has 1 amide bonds. The molecule has 0 aromatic heterocycles. The van der Waals surface area contributed by atoms with E-state index in [9.17, 15) is 14.4 Å². The Bertz CT molecular complexity index is 858. The molecule has 1 saturated heterocycles. The van der Waals surface area contributed by atoms with Crippen molar-refractivity contribution in [2.45, 2.75) is 0 Å². The number of halogens is 3. The maximum atomic E-state index is 13.9. The fourth-order valence-electron chi connectivity index (χ4n) is 2.89. The first-order valence-electron chi connectivity index (χ1n) is 7.69. The van der Waals surface area contributed by atoms with Crippen molar-refractivity contribution in [1.82, 2.24) is 4.90 Å². The summed E-state index contributed by atoms with van der Waals surface area (Å²) in [6, 6.07) is 11.2. The molecule has 1 heterocycles. The van der Waals surface area contributed by atoms with Gasteiger partial charge in [0, 0.05) is 31.2 Å². The van der Waals surface area contributed by atoms with Gasteiger partial charge in [0.1, 0.15) is 11.9 Å². The Hall–Kier alpha value is -2.29. The number of para-hydroxylation sites is 1. The standard InChI is InChI=1S/C18H14Cl2FN3O/c19-13-4-5-16(21)14(10-13)18(25)24-8-6-23(7-9-24)17-12(11-22)2-1-3-15(17)20/h1-5,10H,6-9H2. The molecule has 0 spiro atoms. The van der Waals surface area contributed by atoms with Crippen LogP contribution in [0.15, 0.2) is 36.4 Å². The third-order valence-electron chi connectivity index (χ3n) is 4.15. The summed E-state index contributed by atoms with van der Waals surface area (Å²) in [6.07, 6.45) is 0. The summed E-state index contributed by atoms with van der Waals surface area (Å²) in [5.74, 6) is -0.978. The molecule has 0 saturated carbocycles. The second-order valence-electron chi connectivity index (χ2n) is 5.65. The third kappa shape index (κ3) is 3.55. The topological polar surface area (TPSA) is 47.3 Å². The maximum Gasteiger partial charge on any atom is 0.257 e. The molecule has 7 heteroatoms. The lowest BCUT2D eigenvalue weighted by atomic mass is 10.1. The Morgan fingerprint density at radius 1 is 1.12 bits per heavy atom. The van der Waals surface area contributed by atoms with Gasteiger partial charge in [0.2, 0.25) is 0 Å². The number of carbonyl (C=O) groups is 1. The highest BCUT2D eigenvalue weighted by Gasteiger charge is 2.26. The van der Waals surface area contributed by atoms with Gasteiger partial charge in [0.25, 0.3) is 5.91 Å². The van der Waals surface area contributed by atoms with E-state index in [1.165, 1.54) is 18.2 Å². The van der Waals surface area contributed by atoms with Crippen molar-refractivity contribution in [3.8, 4) is 6.07 Å². The van der Waals surface area contributed by atoms with Gasteiger partial charge >= 0.3 is 0 Å². The number of nitrogens with zero attached hydrogens (tertiary/aromatic N) is 3. The van der Waals surface area contributed by atoms with Crippen molar-refractivity contribution in [1.29, 1.82) is 5.26 Å². The number of rotatable bonds is 2. The Labute approximate surface area is 155 Å². The molecule has 0 radical (unpaired) electrons. The molecular formula is C18H14Cl2FN3O. The number of benzene rings is 2. The highest BCUT2D eigenvalue weighted by atomic mass is 35.5. The number of hydrogen-bond donors (Lipinski definition) is 0. The summed E-state index contributed by atoms with van der Waals surface area (Å²) in [4.78, 5) is 16.1. The molecular weight excluding hydrogens is 364 g/mol. The highest BCUT2D eigenvalue weighted by Crippen LogP contribution is 2.30. The Morgan fingerprint density at radius 2 is 1.84 bits per heavy atom. The van der Waals surface area contributed by atoms with Crippen LogP contribution in [0.5, 0.6) is 0 Å². The summed E-state index contributed by atoms with van der Waals surface area (Å²) in [5, 5.41) is 10.1. The molecule has 0 bridgehead atoms. The molecule has 1 aliphatic heterocycles. The lowest BCUT2D eigenvalue weighted by molar-refractivity contribution is 0.0742. The first-order chi connectivity index (χ1) is 12.0. The summed E-state index contributed by atoms with van der Waals surface area (Å²) < 4.78 is 13.9. The van der Waals surface area contributed by atoms with Gasteiger partial charge in [-0.25, -0.2) is 4.39 Å². The van der Waals surface area contributed by atoms with Gasteiger partial charge in [-0.05, 0) is 30.3 Å². The van der Waals surface area contributed by atoms with Crippen LogP contribution in [0.1, 0.15) is 15.9 Å². The van der Waals surface area contributed by atoms with Crippen molar-refractivity contribution in [3.63, 3.8) is 0 Å². The van der Waals surface area contributed by atoms with Crippen LogP contribution in [0.25, 0.3) is 0 Å². The van der Waals surface area contributed by atoms with Gasteiger partial charge in [-0.1, -0.05) is 29.3 Å². The Kier molecular flexibility index (Phi) is 5.12. The Morgan fingerprint density at radius 3 is 2.52 bits per heavy atom. The van der Waals surface area contributed by atoms with E-state index in [0.717, 1.165) is 0 Å². The minimum atomic E-state index is -0.588. The van der Waals surface area contributed by atoms with Crippen LogP contribution < -0.4 is 4.90 Å². The van der Waals surface area contributed by atoms with Crippen LogP contribution in [0.4, 0.5) is 10.1 Å². The molecule has 0 atom stereocenters. The molecule has 1 aliphatic rings. The molecule has 0 unspecified atom stereocenters. The molecule has 0 aliphatic carbocycles. The summed E-state index contributed by atoms with van der Waals surface area (Å²) in [5.41, 5.74) is 1.14. The number of hydrogen-bond acceptors (Lipinski definition) is 3. The molecule has 25 heavy (non-hydrogen) atoms. The van der Waals surface area contributed by atoms with Gasteiger partial charge in [0.15, 0.2) is 0 Å². The first kappa shape index (κ1) is 17.5. The molecule has 3 rings (SSSR count). The van der Waals surface area contributed by atoms with E-state index >= 15 is 0 Å². The third-order valence-corrected chi connectivity index (χ3v) is 4.69. The van der Waals surface area contributed by atoms with Crippen LogP contribution in [0.2, 0.25) is 10.0 Å². The SMILES string of the molecule is N#Cc1cccc(Cl)c1N1CCN(C(=O)c2cc(Cl)ccc2F)CC1. The number of anilines is 1. The molecule has 1 fully saturated rings. The monoisotopic (exact) mass is 377 g/mol. The highest BCUT2D eigenvalue weighted by molar-refractivity contribution is 6.33. The maximum absolute atomic E-state index is 13.9. The largest absolute Gasteiger partial charge is 0.366 e. The first-order valence-corrected chi connectivity index (χ1v) is 8.44. The minimum absolute atomic E-state index is 0.0311. The average Bonchev–Trinajstić information content (AvgIpc) is 2.63. The molecule has 0 N–H and O–H groups in total. The lowest BCUT2D eigenvalue weighted by Crippen LogP contribution is -2.49. The summed E-state index contributed by atoms with van der Waals surface area (Å²) >= 11 is 12.1. The van der Waals surface area contributed by atoms with Gasteiger partial charge in [-0.3, -0.25) is 4.79 Å². The van der Waals surface area contributed by atoms with Crippen LogP contribution in [-0.4, -0.2) is 37.0 Å². The van der Waals surface area contributed by atoms with Crippen molar-refractivity contribution >= 4 is 34.8 Å². The second kappa shape index (κ2) is 7.30. The van der Waals surface area contributed by atoms with E-state index < -0.39 is 5.82 Å². The van der Waals surface area contributed by atoms with Crippen molar-refractivity contribution in [2.75, 3.05) is 31.1 Å². The molecule has 128 valence electrons. The zero-order chi connectivity index (χ0) is 18.0. The van der Waals surface area contributed by atoms with Crippen LogP contribution >= 0.6 is 23.2 Å². The van der Waals surface area contributed by atoms with Crippen molar-refractivity contribution in [2.24, 2.45) is 0 Å². The predicted octanol–water partition coefficient (Wildman–Crippen LogP) is 3.97. The Balaban J connectivity index is 1.76. The number of piperazine rings is 1. The molecule has 2 aromatic rings. The van der Waals surface area contributed by atoms with Gasteiger partial charge < -0.3 is 9.80 Å². The number of nitriles is 1. The fraction of sp³-hybridized carbons (Fsp3) is 0.222. The fourth-order valence-corrected chi connectivity index (χ4v) is 3.36. The van der Waals surface area contributed by atoms with E-state index in [4.69, 9.17) is 23.2 Å². The summed E-state index contributed by atoms with van der Waals surface area (Å²) in [6.45, 7) is 1.82. The van der Waals surface area contributed by atoms with Crippen LogP contribution in [0.3, 0.4) is 0 Å². The summed E-state index contributed by atoms with van der Waals surface area (Å²) in [7, 11) is 0. The van der Waals surface area contributed by atoms with Gasteiger partial charge in [-0.15, -0.1) is 0 Å². The van der Waals surface area contributed by atoms with E-state index in [0.29, 0.717) is 47.5 Å². The van der Waals surface area contributed by atoms with Crippen LogP contribution in [-0.2, 0) is 0 Å². The van der Waals surface area contributed by atoms with Crippen molar-refractivity contribution in [3.05, 3.63) is 63.4 Å². The zero-order valence-corrected chi connectivity index (χ0v) is 14.7. The number of amides is 1. The van der Waals surface area contributed by atoms with E-state index in [-0.39, 0.29) is 11.5 Å². The molecule has 4 nitrogen and oxygen atoms in total. The smallest absolute Gasteiger partial charge is 0.257 e. The van der Waals surface area contributed by atoms with Crippen molar-refractivity contribution < 1.29 is 9.18 Å². The second-order valence-corrected chi connectivity index (χ2v) is 6.49. The normalized spacial score (nSPS) is 14.3. The predicted molar refractivity (Wildman–Crippen MR) is 95.7 cm³/mol. The van der Waals surface area contributed by atoms with Gasteiger partial charge in [0.05, 0.1) is 21.8 Å². The average molecular weight is 378 g/mol. The van der Waals surface area contributed by atoms with Gasteiger partial charge in [-0.2, -0.15) is 5.26 Å². The lowest BCUT2D eigenvalue weighted by Gasteiger charge is -2.37. The quantitative estimate of drug-likeness (QED) is 0.795. The van der Waals surface area contributed by atoms with Crippen LogP contribution in [0, 0.1) is 17.1 Å². The number of carbonyl (C=O) groups excluding carboxylic acids is 1. The van der Waals surface area contributed by atoms with E-state index in [2.05, 4.69) is 6.07 Å². The van der Waals surface area contributed by atoms with E-state index in [1.54, 1.807) is 23.1 Å².